The molecule has 0 radical (unpaired) electrons. The summed E-state index contributed by atoms with van der Waals surface area (Å²) in [5.74, 6) is 0.983. The zero-order chi connectivity index (χ0) is 21.6. The number of nitrogens with one attached hydrogen (secondary N) is 3. The minimum Gasteiger partial charge on any atom is -0.495 e. The average molecular weight is 433 g/mol. The van der Waals surface area contributed by atoms with Gasteiger partial charge in [0.05, 0.1) is 12.8 Å². The number of para-hydroxylation sites is 2. The van der Waals surface area contributed by atoms with Crippen LogP contribution in [0.2, 0.25) is 0 Å². The fourth-order valence-corrected chi connectivity index (χ4v) is 4.51. The van der Waals surface area contributed by atoms with Crippen LogP contribution in [0.3, 0.4) is 0 Å². The van der Waals surface area contributed by atoms with Gasteiger partial charge >= 0.3 is 0 Å². The Bertz CT molecular complexity index is 579. The van der Waals surface area contributed by atoms with Crippen LogP contribution in [-0.2, 0) is 0 Å². The molecule has 1 aromatic carbocycles. The highest BCUT2D eigenvalue weighted by molar-refractivity contribution is 5.58. The van der Waals surface area contributed by atoms with Crippen molar-refractivity contribution in [2.24, 2.45) is 0 Å². The van der Waals surface area contributed by atoms with Crippen molar-refractivity contribution in [2.75, 3.05) is 104 Å². The van der Waals surface area contributed by atoms with Crippen LogP contribution in [0.1, 0.15) is 19.3 Å². The van der Waals surface area contributed by atoms with E-state index in [4.69, 9.17) is 4.74 Å². The van der Waals surface area contributed by atoms with E-state index in [9.17, 15) is 0 Å². The first-order chi connectivity index (χ1) is 15.4. The Labute approximate surface area is 189 Å². The Morgan fingerprint density at radius 1 is 0.710 bits per heavy atom. The van der Waals surface area contributed by atoms with Crippen molar-refractivity contribution in [3.63, 3.8) is 0 Å². The zero-order valence-corrected chi connectivity index (χ0v) is 19.6. The van der Waals surface area contributed by atoms with Crippen LogP contribution in [-0.4, -0.2) is 109 Å². The highest BCUT2D eigenvalue weighted by Gasteiger charge is 2.19. The number of piperazine rings is 1. The summed E-state index contributed by atoms with van der Waals surface area (Å²) in [6.45, 7) is 15.8. The highest BCUT2D eigenvalue weighted by atomic mass is 16.5. The van der Waals surface area contributed by atoms with Crippen molar-refractivity contribution in [2.45, 2.75) is 19.3 Å². The van der Waals surface area contributed by atoms with Gasteiger partial charge in [-0.05, 0) is 70.7 Å². The molecule has 176 valence electrons. The summed E-state index contributed by atoms with van der Waals surface area (Å²) in [6, 6.07) is 8.38. The number of ether oxygens (including phenoxy) is 1. The Balaban J connectivity index is 1.35. The summed E-state index contributed by atoms with van der Waals surface area (Å²) >= 11 is 0. The molecule has 3 rings (SSSR count). The molecule has 31 heavy (non-hydrogen) atoms. The Kier molecular flexibility index (Phi) is 11.5. The largest absolute Gasteiger partial charge is 0.495 e. The predicted octanol–water partition coefficient (Wildman–Crippen LogP) is 1.07. The molecule has 7 nitrogen and oxygen atoms in total. The molecule has 2 aliphatic heterocycles. The molecule has 2 aliphatic rings. The van der Waals surface area contributed by atoms with E-state index in [1.165, 1.54) is 44.6 Å². The first-order valence-electron chi connectivity index (χ1n) is 12.3. The van der Waals surface area contributed by atoms with Gasteiger partial charge < -0.3 is 30.5 Å². The molecule has 0 bridgehead atoms. The molecular formula is C24H44N6O. The van der Waals surface area contributed by atoms with Crippen LogP contribution < -0.4 is 25.6 Å². The third kappa shape index (κ3) is 8.94. The SMILES string of the molecule is COc1ccccc1N1CCN(CCCN2CCCNCCNCCCNCC2)CC1. The summed E-state index contributed by atoms with van der Waals surface area (Å²) in [7, 11) is 1.76. The van der Waals surface area contributed by atoms with Crippen molar-refractivity contribution in [3.05, 3.63) is 24.3 Å². The summed E-state index contributed by atoms with van der Waals surface area (Å²) in [6.07, 6.45) is 3.70. The summed E-state index contributed by atoms with van der Waals surface area (Å²) < 4.78 is 5.55. The van der Waals surface area contributed by atoms with Gasteiger partial charge in [-0.25, -0.2) is 0 Å². The number of benzene rings is 1. The average Bonchev–Trinajstić information content (AvgIpc) is 2.81. The third-order valence-corrected chi connectivity index (χ3v) is 6.37. The summed E-state index contributed by atoms with van der Waals surface area (Å²) in [5.41, 5.74) is 1.23. The van der Waals surface area contributed by atoms with E-state index < -0.39 is 0 Å². The van der Waals surface area contributed by atoms with Gasteiger partial charge in [0.1, 0.15) is 5.75 Å². The fourth-order valence-electron chi connectivity index (χ4n) is 4.51. The maximum Gasteiger partial charge on any atom is 0.142 e. The summed E-state index contributed by atoms with van der Waals surface area (Å²) in [5, 5.41) is 10.7. The van der Waals surface area contributed by atoms with Crippen molar-refractivity contribution < 1.29 is 4.74 Å². The molecule has 0 aliphatic carbocycles. The van der Waals surface area contributed by atoms with E-state index in [-0.39, 0.29) is 0 Å². The van der Waals surface area contributed by atoms with Gasteiger partial charge in [0.2, 0.25) is 0 Å². The smallest absolute Gasteiger partial charge is 0.142 e. The van der Waals surface area contributed by atoms with Crippen molar-refractivity contribution >= 4 is 5.69 Å². The topological polar surface area (TPSA) is 55.0 Å². The van der Waals surface area contributed by atoms with E-state index >= 15 is 0 Å². The summed E-state index contributed by atoms with van der Waals surface area (Å²) in [4.78, 5) is 7.75. The number of methoxy groups -OCH3 is 1. The van der Waals surface area contributed by atoms with E-state index in [2.05, 4.69) is 48.8 Å². The fraction of sp³-hybridized carbons (Fsp3) is 0.750. The van der Waals surface area contributed by atoms with Gasteiger partial charge in [-0.15, -0.1) is 0 Å². The molecule has 2 heterocycles. The molecule has 0 amide bonds. The molecular weight excluding hydrogens is 388 g/mol. The standard InChI is InChI=1S/C24H44N6O/c1-31-24-8-3-2-7-23(24)30-21-19-29(20-22-30)17-6-16-28-15-5-11-26-13-12-25-9-4-10-27-14-18-28/h2-3,7-8,25-27H,4-6,9-22H2,1H3. The normalized spacial score (nSPS) is 21.5. The molecule has 0 saturated carbocycles. The lowest BCUT2D eigenvalue weighted by atomic mass is 10.2. The maximum atomic E-state index is 5.55. The van der Waals surface area contributed by atoms with E-state index in [1.807, 2.05) is 6.07 Å². The molecule has 1 aromatic rings. The van der Waals surface area contributed by atoms with Crippen LogP contribution >= 0.6 is 0 Å². The van der Waals surface area contributed by atoms with Crippen LogP contribution in [0, 0.1) is 0 Å². The van der Waals surface area contributed by atoms with Crippen LogP contribution in [0.5, 0.6) is 5.75 Å². The number of rotatable bonds is 6. The van der Waals surface area contributed by atoms with E-state index in [1.54, 1.807) is 7.11 Å². The van der Waals surface area contributed by atoms with Crippen molar-refractivity contribution in [1.82, 2.24) is 25.8 Å². The van der Waals surface area contributed by atoms with E-state index in [0.29, 0.717) is 0 Å². The molecule has 0 aromatic heterocycles. The Morgan fingerprint density at radius 2 is 1.35 bits per heavy atom. The molecule has 2 saturated heterocycles. The van der Waals surface area contributed by atoms with Crippen LogP contribution in [0.25, 0.3) is 0 Å². The van der Waals surface area contributed by atoms with Gasteiger partial charge in [-0.1, -0.05) is 12.1 Å². The lowest BCUT2D eigenvalue weighted by molar-refractivity contribution is 0.217. The van der Waals surface area contributed by atoms with Gasteiger partial charge in [0, 0.05) is 52.4 Å². The minimum atomic E-state index is 0.983. The van der Waals surface area contributed by atoms with Gasteiger partial charge in [0.15, 0.2) is 0 Å². The van der Waals surface area contributed by atoms with Crippen LogP contribution in [0.4, 0.5) is 5.69 Å². The number of nitrogens with zero attached hydrogens (tertiary/aromatic N) is 3. The second-order valence-electron chi connectivity index (χ2n) is 8.65. The second-order valence-corrected chi connectivity index (χ2v) is 8.65. The lowest BCUT2D eigenvalue weighted by Crippen LogP contribution is -2.47. The molecule has 0 unspecified atom stereocenters. The molecule has 0 spiro atoms. The molecule has 0 atom stereocenters. The highest BCUT2D eigenvalue weighted by Crippen LogP contribution is 2.28. The van der Waals surface area contributed by atoms with Crippen molar-refractivity contribution in [1.29, 1.82) is 0 Å². The number of hydrogen-bond acceptors (Lipinski definition) is 7. The predicted molar refractivity (Wildman–Crippen MR) is 131 cm³/mol. The first-order valence-corrected chi connectivity index (χ1v) is 12.3. The number of hydrogen-bond donors (Lipinski definition) is 3. The molecule has 7 heteroatoms. The maximum absolute atomic E-state index is 5.55. The first kappa shape index (κ1) is 24.3. The zero-order valence-electron chi connectivity index (χ0n) is 19.6. The van der Waals surface area contributed by atoms with Gasteiger partial charge in [-0.3, -0.25) is 4.90 Å². The third-order valence-electron chi connectivity index (χ3n) is 6.37. The Morgan fingerprint density at radius 3 is 2.10 bits per heavy atom. The second kappa shape index (κ2) is 14.6. The lowest BCUT2D eigenvalue weighted by Gasteiger charge is -2.37. The van der Waals surface area contributed by atoms with E-state index in [0.717, 1.165) is 77.7 Å². The monoisotopic (exact) mass is 432 g/mol. The molecule has 3 N–H and O–H groups in total. The number of anilines is 1. The molecule has 2 fully saturated rings. The quantitative estimate of drug-likeness (QED) is 0.622. The minimum absolute atomic E-state index is 0.983. The van der Waals surface area contributed by atoms with Gasteiger partial charge in [0.25, 0.3) is 0 Å². The van der Waals surface area contributed by atoms with Gasteiger partial charge in [-0.2, -0.15) is 0 Å². The van der Waals surface area contributed by atoms with Crippen LogP contribution in [0.15, 0.2) is 24.3 Å². The van der Waals surface area contributed by atoms with Crippen molar-refractivity contribution in [3.8, 4) is 5.75 Å². The Hall–Kier alpha value is -1.38.